The zero-order valence-electron chi connectivity index (χ0n) is 36.7. The van der Waals surface area contributed by atoms with Gasteiger partial charge < -0.3 is 24.0 Å². The summed E-state index contributed by atoms with van der Waals surface area (Å²) in [5, 5.41) is 0. The summed E-state index contributed by atoms with van der Waals surface area (Å²) in [5.74, 6) is 7.10. The third kappa shape index (κ3) is 6.98. The molecule has 0 aliphatic carbocycles. The predicted molar refractivity (Wildman–Crippen MR) is 269 cm³/mol. The van der Waals surface area contributed by atoms with Crippen LogP contribution in [0.4, 0.5) is 34.1 Å². The highest BCUT2D eigenvalue weighted by atomic mass is 16.5. The number of nitrogens with zero attached hydrogens (tertiary/aromatic N) is 5. The van der Waals surface area contributed by atoms with Crippen molar-refractivity contribution in [3.8, 4) is 68.7 Å². The van der Waals surface area contributed by atoms with E-state index in [0.717, 1.165) is 98.2 Å². The van der Waals surface area contributed by atoms with Gasteiger partial charge in [0.1, 0.15) is 11.5 Å². The van der Waals surface area contributed by atoms with Gasteiger partial charge in [-0.1, -0.05) is 109 Å². The molecule has 68 heavy (non-hydrogen) atoms. The minimum Gasteiger partial charge on any atom is -0.457 e. The summed E-state index contributed by atoms with van der Waals surface area (Å²) in [6.07, 6.45) is 1.85. The van der Waals surface area contributed by atoms with Crippen molar-refractivity contribution in [3.63, 3.8) is 0 Å². The first kappa shape index (κ1) is 39.4. The van der Waals surface area contributed by atoms with E-state index in [0.29, 0.717) is 17.5 Å². The van der Waals surface area contributed by atoms with Gasteiger partial charge in [-0.3, -0.25) is 0 Å². The maximum atomic E-state index is 6.30. The van der Waals surface area contributed by atoms with Crippen molar-refractivity contribution in [1.29, 1.82) is 0 Å². The highest BCUT2D eigenvalue weighted by Gasteiger charge is 2.29. The Morgan fingerprint density at radius 3 is 1.01 bits per heavy atom. The normalized spacial score (nSPS) is 13.1. The van der Waals surface area contributed by atoms with Gasteiger partial charge in [-0.25, -0.2) is 15.0 Å². The number of benzene rings is 9. The van der Waals surface area contributed by atoms with E-state index in [4.69, 9.17) is 29.2 Å². The number of fused-ring (bicyclic) bond motifs is 6. The molecule has 8 heteroatoms. The molecule has 0 atom stereocenters. The summed E-state index contributed by atoms with van der Waals surface area (Å²) >= 11 is 0. The van der Waals surface area contributed by atoms with E-state index in [-0.39, 0.29) is 5.92 Å². The number of aromatic nitrogens is 3. The predicted octanol–water partition coefficient (Wildman–Crippen LogP) is 15.9. The van der Waals surface area contributed by atoms with E-state index < -0.39 is 0 Å². The lowest BCUT2D eigenvalue weighted by molar-refractivity contribution is 0.441. The number of hydrogen-bond donors (Lipinski definition) is 0. The van der Waals surface area contributed by atoms with E-state index in [1.54, 1.807) is 0 Å². The highest BCUT2D eigenvalue weighted by Crippen LogP contribution is 2.52. The molecule has 0 saturated heterocycles. The molecule has 4 heterocycles. The molecular formula is C60H41N5O3. The van der Waals surface area contributed by atoms with Gasteiger partial charge in [-0.15, -0.1) is 0 Å². The van der Waals surface area contributed by atoms with Gasteiger partial charge in [-0.2, -0.15) is 0 Å². The Morgan fingerprint density at radius 2 is 0.632 bits per heavy atom. The smallest absolute Gasteiger partial charge is 0.164 e. The molecule has 0 saturated carbocycles. The van der Waals surface area contributed by atoms with Crippen LogP contribution in [-0.4, -0.2) is 15.0 Å². The van der Waals surface area contributed by atoms with Gasteiger partial charge in [-0.05, 0) is 128 Å². The number of ether oxygens (including phenoxy) is 3. The zero-order chi connectivity index (χ0) is 45.0. The fourth-order valence-electron chi connectivity index (χ4n) is 9.70. The van der Waals surface area contributed by atoms with Crippen LogP contribution in [0.15, 0.2) is 218 Å². The molecule has 0 spiro atoms. The second kappa shape index (κ2) is 16.5. The molecule has 10 aromatic rings. The Kier molecular flexibility index (Phi) is 9.52. The zero-order valence-corrected chi connectivity index (χ0v) is 36.7. The quantitative estimate of drug-likeness (QED) is 0.149. The molecule has 0 N–H and O–H groups in total. The van der Waals surface area contributed by atoms with Crippen LogP contribution in [0.3, 0.4) is 0 Å². The van der Waals surface area contributed by atoms with Crippen molar-refractivity contribution in [2.75, 3.05) is 9.80 Å². The van der Waals surface area contributed by atoms with Crippen LogP contribution in [0.25, 0.3) is 34.2 Å². The molecule has 3 aliphatic heterocycles. The molecule has 8 nitrogen and oxygen atoms in total. The van der Waals surface area contributed by atoms with Crippen LogP contribution < -0.4 is 24.0 Å². The third-order valence-electron chi connectivity index (χ3n) is 13.0. The van der Waals surface area contributed by atoms with Crippen LogP contribution in [0.5, 0.6) is 34.5 Å². The molecule has 324 valence electrons. The first-order valence-corrected chi connectivity index (χ1v) is 22.9. The molecule has 0 unspecified atom stereocenters. The van der Waals surface area contributed by atoms with Crippen LogP contribution >= 0.6 is 0 Å². The molecular weight excluding hydrogens is 839 g/mol. The topological polar surface area (TPSA) is 72.8 Å². The average molecular weight is 880 g/mol. The van der Waals surface area contributed by atoms with E-state index in [2.05, 4.69) is 143 Å². The van der Waals surface area contributed by atoms with Crippen molar-refractivity contribution in [1.82, 2.24) is 15.0 Å². The molecule has 13 rings (SSSR count). The van der Waals surface area contributed by atoms with Crippen LogP contribution in [-0.2, 0) is 6.42 Å². The Bertz CT molecular complexity index is 3230. The monoisotopic (exact) mass is 879 g/mol. The molecule has 0 fully saturated rings. The molecule has 0 amide bonds. The Morgan fingerprint density at radius 1 is 0.324 bits per heavy atom. The van der Waals surface area contributed by atoms with E-state index in [9.17, 15) is 0 Å². The molecule has 0 radical (unpaired) electrons. The number of aryl methyl sites for hydroxylation is 1. The van der Waals surface area contributed by atoms with Gasteiger partial charge in [0.05, 0.1) is 22.7 Å². The largest absolute Gasteiger partial charge is 0.457 e. The lowest BCUT2D eigenvalue weighted by Crippen LogP contribution is -2.15. The number of para-hydroxylation sites is 10. The molecule has 3 aliphatic rings. The third-order valence-corrected chi connectivity index (χ3v) is 13.0. The van der Waals surface area contributed by atoms with Gasteiger partial charge in [0.2, 0.25) is 0 Å². The molecule has 9 aromatic carbocycles. The lowest BCUT2D eigenvalue weighted by atomic mass is 9.84. The first-order valence-electron chi connectivity index (χ1n) is 22.9. The van der Waals surface area contributed by atoms with Gasteiger partial charge in [0.15, 0.2) is 40.5 Å². The van der Waals surface area contributed by atoms with E-state index in [1.807, 2.05) is 84.9 Å². The minimum atomic E-state index is 0.239. The van der Waals surface area contributed by atoms with E-state index in [1.165, 1.54) is 16.7 Å². The van der Waals surface area contributed by atoms with Crippen LogP contribution in [0.2, 0.25) is 0 Å². The SMILES string of the molecule is c1ccc2c(c1)Oc1ccccc1C2CCc1ccc(-c2nc(-c3ccc(N4c5ccccc5Oc5ccccc54)cc3)nc(-c3ccc(N4c5ccccc5Oc5ccccc54)cc3)n2)cc1. The fourth-order valence-corrected chi connectivity index (χ4v) is 9.70. The Balaban J connectivity index is 0.851. The van der Waals surface area contributed by atoms with Crippen molar-refractivity contribution in [2.24, 2.45) is 0 Å². The highest BCUT2D eigenvalue weighted by molar-refractivity contribution is 5.88. The Labute approximate surface area is 394 Å². The summed E-state index contributed by atoms with van der Waals surface area (Å²) in [7, 11) is 0. The van der Waals surface area contributed by atoms with Crippen molar-refractivity contribution >= 4 is 34.1 Å². The fraction of sp³-hybridized carbons (Fsp3) is 0.0500. The van der Waals surface area contributed by atoms with Crippen LogP contribution in [0.1, 0.15) is 29.0 Å². The van der Waals surface area contributed by atoms with Crippen LogP contribution in [0, 0.1) is 0 Å². The summed E-state index contributed by atoms with van der Waals surface area (Å²) in [5.41, 5.74) is 12.3. The van der Waals surface area contributed by atoms with Crippen molar-refractivity contribution in [2.45, 2.75) is 18.8 Å². The van der Waals surface area contributed by atoms with Crippen molar-refractivity contribution in [3.05, 3.63) is 235 Å². The lowest BCUT2D eigenvalue weighted by Gasteiger charge is -2.32. The first-order chi connectivity index (χ1) is 33.7. The standard InChI is InChI=1S/C60H41N5O3/c1-7-19-52-46(13-1)45(47-14-2-8-20-53(47)66-52)38-27-39-25-28-40(29-26-39)58-61-59(41-30-34-43(35-31-41)64-48-15-3-9-21-54(48)67-55-22-10-4-16-49(55)64)63-60(62-58)42-32-36-44(37-33-42)65-50-17-5-11-23-56(50)68-57-24-12-6-18-51(57)65/h1-26,28-37,45H,27,38H2. The summed E-state index contributed by atoms with van der Waals surface area (Å²) < 4.78 is 18.9. The van der Waals surface area contributed by atoms with E-state index >= 15 is 0 Å². The summed E-state index contributed by atoms with van der Waals surface area (Å²) in [6.45, 7) is 0. The molecule has 0 bridgehead atoms. The Hall–Kier alpha value is -9.01. The second-order valence-electron chi connectivity index (χ2n) is 17.1. The van der Waals surface area contributed by atoms with Gasteiger partial charge >= 0.3 is 0 Å². The van der Waals surface area contributed by atoms with Gasteiger partial charge in [0.25, 0.3) is 0 Å². The maximum Gasteiger partial charge on any atom is 0.164 e. The summed E-state index contributed by atoms with van der Waals surface area (Å²) in [6, 6.07) is 74.8. The van der Waals surface area contributed by atoms with Crippen molar-refractivity contribution < 1.29 is 14.2 Å². The summed E-state index contributed by atoms with van der Waals surface area (Å²) in [4.78, 5) is 20.0. The number of anilines is 6. The molecule has 1 aromatic heterocycles. The minimum absolute atomic E-state index is 0.239. The second-order valence-corrected chi connectivity index (χ2v) is 17.1. The maximum absolute atomic E-state index is 6.30. The van der Waals surface area contributed by atoms with Gasteiger partial charge in [0, 0.05) is 45.1 Å². The average Bonchev–Trinajstić information content (AvgIpc) is 3.41. The number of rotatable bonds is 8. The number of hydrogen-bond acceptors (Lipinski definition) is 8.